The summed E-state index contributed by atoms with van der Waals surface area (Å²) in [6.07, 6.45) is 16.6. The van der Waals surface area contributed by atoms with E-state index in [4.69, 9.17) is 14.3 Å². The van der Waals surface area contributed by atoms with Crippen LogP contribution in [0.2, 0.25) is 0 Å². The molecule has 13 heteroatoms. The molecule has 1 spiro atoms. The molecule has 10 nitrogen and oxygen atoms in total. The number of unbranched alkanes of at least 4 members (excludes halogenated alkanes) is 11. The van der Waals surface area contributed by atoms with E-state index in [-0.39, 0.29) is 36.2 Å². The summed E-state index contributed by atoms with van der Waals surface area (Å²) in [4.78, 5) is 49.2. The van der Waals surface area contributed by atoms with E-state index in [1.807, 2.05) is 13.1 Å². The number of aliphatic carboxylic acids is 1. The quantitative estimate of drug-likeness (QED) is 0.0479. The van der Waals surface area contributed by atoms with Crippen LogP contribution in [-0.4, -0.2) is 81.7 Å². The fourth-order valence-corrected chi connectivity index (χ4v) is 9.11. The molecule has 0 unspecified atom stereocenters. The second-order valence-electron chi connectivity index (χ2n) is 15.9. The third kappa shape index (κ3) is 11.0. The Kier molecular flexibility index (Phi) is 16.6. The number of phenols is 1. The zero-order chi connectivity index (χ0) is 40.9. The Labute approximate surface area is 328 Å². The lowest BCUT2D eigenvalue weighted by atomic mass is 9.52. The standard InChI is InChI=1S/C41H59NO8.C2HF3O/c1-3-4-5-6-7-8-9-10-11-12-13-14-15-16-17-19-31(43)26-30(28-35(45)46)39(47)49-33-22-24-41(48)34-27-29-20-21-32(44)37-36(29)40(41,38(33)50-37)23-18-25-42(34)2;3-2(4,5)1-6/h10-11,20-22,30,34,38,44,48H,3-9,12-19,23-28H2,1-2H3,(H,45,46);1H/b11-10+;/t30-,34+,38-,40-,41+;/m0./s1. The number of aromatic hydroxyl groups is 1. The van der Waals surface area contributed by atoms with Crippen LogP contribution in [0.5, 0.6) is 11.5 Å². The number of likely N-dealkylation sites (tertiary alicyclic amines) is 1. The van der Waals surface area contributed by atoms with Gasteiger partial charge in [-0.25, -0.2) is 0 Å². The highest BCUT2D eigenvalue weighted by atomic mass is 19.4. The molecular weight excluding hydrogens is 731 g/mol. The number of rotatable bonds is 21. The molecule has 312 valence electrons. The number of nitrogens with zero attached hydrogens (tertiary/aromatic N) is 1. The number of benzene rings is 1. The van der Waals surface area contributed by atoms with Crippen molar-refractivity contribution < 1.29 is 57.1 Å². The number of ether oxygens (including phenoxy) is 2. The molecule has 2 aliphatic heterocycles. The Bertz CT molecular complexity index is 1580. The minimum Gasteiger partial charge on any atom is -0.504 e. The van der Waals surface area contributed by atoms with Gasteiger partial charge in [-0.1, -0.05) is 76.5 Å². The summed E-state index contributed by atoms with van der Waals surface area (Å²) in [5.41, 5.74) is -0.363. The molecule has 0 saturated carbocycles. The van der Waals surface area contributed by atoms with Crippen molar-refractivity contribution in [1.82, 2.24) is 4.90 Å². The largest absolute Gasteiger partial charge is 0.504 e. The van der Waals surface area contributed by atoms with Crippen LogP contribution in [0.1, 0.15) is 140 Å². The van der Waals surface area contributed by atoms with Gasteiger partial charge in [0.05, 0.1) is 23.4 Å². The second-order valence-corrected chi connectivity index (χ2v) is 15.9. The van der Waals surface area contributed by atoms with Crippen LogP contribution in [0, 0.1) is 5.92 Å². The number of ketones is 1. The van der Waals surface area contributed by atoms with E-state index < -0.39 is 53.9 Å². The minimum absolute atomic E-state index is 0.0263. The Hall–Kier alpha value is -3.71. The molecule has 1 fully saturated rings. The Balaban J connectivity index is 0.00000107. The zero-order valence-corrected chi connectivity index (χ0v) is 32.9. The van der Waals surface area contributed by atoms with Gasteiger partial charge in [0, 0.05) is 30.9 Å². The van der Waals surface area contributed by atoms with Crippen LogP contribution >= 0.6 is 0 Å². The average molecular weight is 792 g/mol. The fourth-order valence-electron chi connectivity index (χ4n) is 9.11. The summed E-state index contributed by atoms with van der Waals surface area (Å²) in [7, 11) is 2.02. The molecule has 0 amide bonds. The van der Waals surface area contributed by atoms with Crippen LogP contribution in [-0.2, 0) is 35.8 Å². The monoisotopic (exact) mass is 791 g/mol. The number of Topliss-reactive ketones (excluding diaryl/α,β-unsaturated/α-hetero) is 1. The number of carbonyl (C=O) groups excluding carboxylic acids is 3. The van der Waals surface area contributed by atoms with Gasteiger partial charge in [0.1, 0.15) is 11.5 Å². The Morgan fingerprint density at radius 1 is 1.00 bits per heavy atom. The number of aldehydes is 1. The topological polar surface area (TPSA) is 151 Å². The molecule has 5 rings (SSSR count). The highest BCUT2D eigenvalue weighted by Crippen LogP contribution is 2.65. The van der Waals surface area contributed by atoms with Gasteiger partial charge in [-0.05, 0) is 82.7 Å². The van der Waals surface area contributed by atoms with Crippen molar-refractivity contribution in [2.24, 2.45) is 5.92 Å². The molecule has 56 heavy (non-hydrogen) atoms. The molecule has 4 aliphatic rings. The van der Waals surface area contributed by atoms with Crippen molar-refractivity contribution in [1.29, 1.82) is 0 Å². The molecule has 3 N–H and O–H groups in total. The third-order valence-corrected chi connectivity index (χ3v) is 11.9. The van der Waals surface area contributed by atoms with Gasteiger partial charge < -0.3 is 29.7 Å². The molecule has 1 aromatic carbocycles. The fraction of sp³-hybridized carbons (Fsp3) is 0.674. The molecule has 0 radical (unpaired) electrons. The molecule has 2 heterocycles. The number of carboxylic acid groups (broad SMARTS) is 1. The molecule has 5 atom stereocenters. The summed E-state index contributed by atoms with van der Waals surface area (Å²) in [5.74, 6) is -2.72. The molecule has 0 aromatic heterocycles. The van der Waals surface area contributed by atoms with Crippen LogP contribution in [0.4, 0.5) is 13.2 Å². The number of aliphatic hydroxyl groups is 1. The number of allylic oxidation sites excluding steroid dienone is 2. The van der Waals surface area contributed by atoms with Crippen molar-refractivity contribution in [3.63, 3.8) is 0 Å². The zero-order valence-electron chi connectivity index (χ0n) is 32.9. The predicted molar refractivity (Wildman–Crippen MR) is 204 cm³/mol. The number of phenolic OH excluding ortho intramolecular Hbond substituents is 1. The highest BCUT2D eigenvalue weighted by molar-refractivity contribution is 5.87. The number of halogens is 3. The van der Waals surface area contributed by atoms with E-state index in [0.29, 0.717) is 31.4 Å². The van der Waals surface area contributed by atoms with Crippen molar-refractivity contribution in [3.8, 4) is 11.5 Å². The molecule has 1 aromatic rings. The van der Waals surface area contributed by atoms with Gasteiger partial charge in [-0.15, -0.1) is 0 Å². The normalized spacial score (nSPS) is 24.2. The first kappa shape index (κ1) is 45.0. The number of hydrogen-bond donors (Lipinski definition) is 3. The van der Waals surface area contributed by atoms with Crippen molar-refractivity contribution in [2.45, 2.75) is 165 Å². The van der Waals surface area contributed by atoms with Crippen LogP contribution in [0.3, 0.4) is 0 Å². The molecule has 2 bridgehead atoms. The van der Waals surface area contributed by atoms with Gasteiger partial charge in [-0.3, -0.25) is 19.2 Å². The lowest BCUT2D eigenvalue weighted by molar-refractivity contribution is -0.157. The number of likely N-dealkylation sites (N-methyl/N-ethyl adjacent to an activating group) is 1. The van der Waals surface area contributed by atoms with E-state index in [0.717, 1.165) is 56.2 Å². The Morgan fingerprint density at radius 2 is 1.62 bits per heavy atom. The van der Waals surface area contributed by atoms with E-state index in [1.54, 1.807) is 12.1 Å². The third-order valence-electron chi connectivity index (χ3n) is 11.9. The number of esters is 1. The van der Waals surface area contributed by atoms with Gasteiger partial charge in [-0.2, -0.15) is 13.2 Å². The van der Waals surface area contributed by atoms with Crippen LogP contribution < -0.4 is 4.74 Å². The van der Waals surface area contributed by atoms with Gasteiger partial charge >= 0.3 is 18.1 Å². The highest BCUT2D eigenvalue weighted by Gasteiger charge is 2.71. The summed E-state index contributed by atoms with van der Waals surface area (Å²) < 4.78 is 43.6. The minimum atomic E-state index is -4.64. The summed E-state index contributed by atoms with van der Waals surface area (Å²) in [6.45, 7) is 3.03. The smallest absolute Gasteiger partial charge is 0.446 e. The second kappa shape index (κ2) is 20.6. The van der Waals surface area contributed by atoms with Crippen LogP contribution in [0.15, 0.2) is 36.1 Å². The first-order valence-electron chi connectivity index (χ1n) is 20.5. The molecular formula is C43H60F3NO9. The summed E-state index contributed by atoms with van der Waals surface area (Å²) >= 11 is 0. The molecule has 2 aliphatic carbocycles. The lowest BCUT2D eigenvalue weighted by Gasteiger charge is -2.56. The van der Waals surface area contributed by atoms with Crippen LogP contribution in [0.25, 0.3) is 0 Å². The maximum atomic E-state index is 13.6. The maximum absolute atomic E-state index is 13.6. The maximum Gasteiger partial charge on any atom is 0.446 e. The average Bonchev–Trinajstić information content (AvgIpc) is 3.49. The van der Waals surface area contributed by atoms with Gasteiger partial charge in [0.15, 0.2) is 17.6 Å². The number of carboxylic acids is 1. The number of carbonyl (C=O) groups is 4. The first-order valence-corrected chi connectivity index (χ1v) is 20.5. The SMILES string of the molecule is CCCCCCCC/C=C/CCCCCCCC(=O)C[C@@H](CC(=O)O)C(=O)OC1=CC[C@@]2(O)[C@H]3Cc4ccc(O)c5c4[C@@]2(CCCN3C)[C@H]1O5.O=CC(F)(F)F. The van der Waals surface area contributed by atoms with E-state index in [1.165, 1.54) is 44.9 Å². The van der Waals surface area contributed by atoms with Crippen molar-refractivity contribution in [2.75, 3.05) is 13.6 Å². The van der Waals surface area contributed by atoms with Crippen molar-refractivity contribution in [3.05, 3.63) is 47.2 Å². The van der Waals surface area contributed by atoms with E-state index >= 15 is 0 Å². The number of alkyl halides is 3. The first-order chi connectivity index (χ1) is 26.7. The lowest BCUT2D eigenvalue weighted by Crippen LogP contribution is -2.69. The Morgan fingerprint density at radius 3 is 2.25 bits per heavy atom. The molecule has 1 saturated heterocycles. The van der Waals surface area contributed by atoms with E-state index in [9.17, 15) is 42.9 Å². The predicted octanol–water partition coefficient (Wildman–Crippen LogP) is 8.44. The summed E-state index contributed by atoms with van der Waals surface area (Å²) in [6, 6.07) is 3.31. The summed E-state index contributed by atoms with van der Waals surface area (Å²) in [5, 5.41) is 32.9. The number of hydrogen-bond acceptors (Lipinski definition) is 9. The van der Waals surface area contributed by atoms with E-state index in [2.05, 4.69) is 24.0 Å². The van der Waals surface area contributed by atoms with Gasteiger partial charge in [0.2, 0.25) is 6.29 Å². The van der Waals surface area contributed by atoms with Crippen molar-refractivity contribution >= 4 is 24.0 Å². The van der Waals surface area contributed by atoms with Gasteiger partial charge in [0.25, 0.3) is 0 Å².